The van der Waals surface area contributed by atoms with Gasteiger partial charge in [-0.15, -0.1) is 0 Å². The van der Waals surface area contributed by atoms with Crippen LogP contribution in [0.15, 0.2) is 34.1 Å². The Morgan fingerprint density at radius 1 is 1.10 bits per heavy atom. The van der Waals surface area contributed by atoms with E-state index in [0.717, 1.165) is 18.4 Å². The highest BCUT2D eigenvalue weighted by molar-refractivity contribution is 7.89. The molecule has 0 unspecified atom stereocenters. The van der Waals surface area contributed by atoms with Crippen LogP contribution in [0.1, 0.15) is 66.9 Å². The Morgan fingerprint density at radius 2 is 1.80 bits per heavy atom. The minimum absolute atomic E-state index is 0.0839. The molecule has 1 saturated heterocycles. The van der Waals surface area contributed by atoms with E-state index in [2.05, 4.69) is 22.1 Å². The molecule has 1 aliphatic rings. The molecule has 0 radical (unpaired) electrons. The predicted molar refractivity (Wildman–Crippen MR) is 191 cm³/mol. The van der Waals surface area contributed by atoms with Gasteiger partial charge in [-0.3, -0.25) is 4.79 Å². The molecule has 1 atom stereocenters. The number of ether oxygens (including phenoxy) is 3. The molecule has 50 heavy (non-hydrogen) atoms. The molecule has 0 spiro atoms. The molecular weight excluding hydrogens is 664 g/mol. The van der Waals surface area contributed by atoms with Gasteiger partial charge in [-0.2, -0.15) is 4.31 Å². The van der Waals surface area contributed by atoms with Gasteiger partial charge in [0.25, 0.3) is 5.56 Å². The van der Waals surface area contributed by atoms with Crippen molar-refractivity contribution in [1.29, 1.82) is 0 Å². The smallest absolute Gasteiger partial charge is 0.408 e. The zero-order chi connectivity index (χ0) is 36.8. The van der Waals surface area contributed by atoms with E-state index in [1.807, 2.05) is 34.0 Å². The molecule has 0 bridgehead atoms. The first-order valence-corrected chi connectivity index (χ1v) is 18.7. The van der Waals surface area contributed by atoms with E-state index in [1.165, 1.54) is 16.4 Å². The van der Waals surface area contributed by atoms with Crippen LogP contribution in [0.2, 0.25) is 0 Å². The number of benzene rings is 1. The van der Waals surface area contributed by atoms with E-state index in [-0.39, 0.29) is 41.9 Å². The van der Waals surface area contributed by atoms with E-state index in [1.54, 1.807) is 31.4 Å². The number of aromatic amines is 1. The maximum Gasteiger partial charge on any atom is 0.408 e. The van der Waals surface area contributed by atoms with Crippen LogP contribution < -0.4 is 15.6 Å². The molecular formula is C35H52N6O8S. The van der Waals surface area contributed by atoms with Crippen molar-refractivity contribution in [2.45, 2.75) is 84.3 Å². The average molecular weight is 717 g/mol. The number of hydrogen-bond donors (Lipinski definition) is 2. The van der Waals surface area contributed by atoms with Crippen LogP contribution in [0.25, 0.3) is 22.4 Å². The Hall–Kier alpha value is -3.95. The maximum atomic E-state index is 13.9. The largest absolute Gasteiger partial charge is 0.493 e. The number of alkyl carbamates (subject to hydrolysis) is 1. The van der Waals surface area contributed by atoms with Gasteiger partial charge in [0, 0.05) is 46.0 Å². The summed E-state index contributed by atoms with van der Waals surface area (Å²) in [5.74, 6) is -0.0488. The number of H-pyrrole nitrogens is 1. The predicted octanol–water partition coefficient (Wildman–Crippen LogP) is 4.07. The van der Waals surface area contributed by atoms with Crippen LogP contribution in [-0.2, 0) is 37.8 Å². The van der Waals surface area contributed by atoms with Crippen molar-refractivity contribution in [2.75, 3.05) is 45.9 Å². The monoisotopic (exact) mass is 716 g/mol. The van der Waals surface area contributed by atoms with Crippen molar-refractivity contribution in [3.05, 3.63) is 40.3 Å². The van der Waals surface area contributed by atoms with Crippen molar-refractivity contribution < 1.29 is 32.2 Å². The van der Waals surface area contributed by atoms with Crippen LogP contribution in [0.3, 0.4) is 0 Å². The van der Waals surface area contributed by atoms with Crippen LogP contribution in [0.4, 0.5) is 4.79 Å². The number of carbonyl (C=O) groups is 2. The Balaban J connectivity index is 1.39. The number of fused-ring (bicyclic) bond motifs is 1. The normalized spacial score (nSPS) is 15.3. The second kappa shape index (κ2) is 16.4. The van der Waals surface area contributed by atoms with Crippen molar-refractivity contribution in [1.82, 2.24) is 29.1 Å². The highest BCUT2D eigenvalue weighted by Gasteiger charge is 2.31. The van der Waals surface area contributed by atoms with Crippen molar-refractivity contribution in [3.63, 3.8) is 0 Å². The molecule has 2 aromatic heterocycles. The quantitative estimate of drug-likeness (QED) is 0.184. The summed E-state index contributed by atoms with van der Waals surface area (Å²) >= 11 is 0. The van der Waals surface area contributed by atoms with Crippen molar-refractivity contribution >= 4 is 33.1 Å². The third-order valence-corrected chi connectivity index (χ3v) is 10.2. The second-order valence-electron chi connectivity index (χ2n) is 13.9. The Kier molecular flexibility index (Phi) is 12.7. The van der Waals surface area contributed by atoms with Gasteiger partial charge in [-0.05, 0) is 70.2 Å². The number of nitrogens with one attached hydrogen (secondary N) is 2. The summed E-state index contributed by atoms with van der Waals surface area (Å²) in [7, 11) is -2.07. The van der Waals surface area contributed by atoms with E-state index >= 15 is 0 Å². The molecule has 0 saturated carbocycles. The first kappa shape index (κ1) is 38.8. The number of esters is 1. The molecule has 1 amide bonds. The summed E-state index contributed by atoms with van der Waals surface area (Å²) in [5, 5.41) is 2.60. The summed E-state index contributed by atoms with van der Waals surface area (Å²) in [5.41, 5.74) is 1.40. The van der Waals surface area contributed by atoms with Gasteiger partial charge in [0.05, 0.1) is 29.2 Å². The SMILES string of the molecule is CCCc1cn(C)c2c(=O)[nH]c(-c3cc(S(=O)(=O)N4CCN(CCCOC(=O)[C@@H](NC(=O)OC(C)(C)C)C(C)C)CC4)ccc3OCC)nc12. The highest BCUT2D eigenvalue weighted by Crippen LogP contribution is 2.32. The van der Waals surface area contributed by atoms with Gasteiger partial charge in [-0.25, -0.2) is 23.0 Å². The van der Waals surface area contributed by atoms with Gasteiger partial charge >= 0.3 is 12.1 Å². The number of carbonyl (C=O) groups excluding carboxylic acids is 2. The van der Waals surface area contributed by atoms with E-state index < -0.39 is 33.7 Å². The third-order valence-electron chi connectivity index (χ3n) is 8.35. The van der Waals surface area contributed by atoms with Crippen LogP contribution in [0.5, 0.6) is 5.75 Å². The number of aryl methyl sites for hydroxylation is 2. The summed E-state index contributed by atoms with van der Waals surface area (Å²) in [4.78, 5) is 47.9. The molecule has 3 aromatic rings. The van der Waals surface area contributed by atoms with E-state index in [9.17, 15) is 22.8 Å². The lowest BCUT2D eigenvalue weighted by molar-refractivity contribution is -0.147. The molecule has 276 valence electrons. The molecule has 0 aliphatic carbocycles. The lowest BCUT2D eigenvalue weighted by Crippen LogP contribution is -2.49. The number of sulfonamides is 1. The lowest BCUT2D eigenvalue weighted by atomic mass is 10.1. The standard InChI is InChI=1S/C35H52N6O8S/c1-9-12-24-22-39(8)30-29(24)36-31(38-32(30)42)26-21-25(13-14-27(26)47-10-2)50(45,46)41-18-16-40(17-19-41)15-11-20-48-33(43)28(23(3)4)37-34(44)49-35(5,6)7/h13-14,21-23,28H,9-12,15-20H2,1-8H3,(H,37,44)(H,36,38,42)/t28-/m0/s1. The van der Waals surface area contributed by atoms with Crippen LogP contribution >= 0.6 is 0 Å². The summed E-state index contributed by atoms with van der Waals surface area (Å²) in [6, 6.07) is 3.82. The highest BCUT2D eigenvalue weighted by atomic mass is 32.2. The fraction of sp³-hybridized carbons (Fsp3) is 0.600. The van der Waals surface area contributed by atoms with Gasteiger partial charge in [0.2, 0.25) is 10.0 Å². The minimum atomic E-state index is -3.88. The fourth-order valence-corrected chi connectivity index (χ4v) is 7.37. The number of hydrogen-bond acceptors (Lipinski definition) is 10. The molecule has 1 fully saturated rings. The van der Waals surface area contributed by atoms with Crippen LogP contribution in [0, 0.1) is 5.92 Å². The zero-order valence-corrected chi connectivity index (χ0v) is 31.3. The van der Waals surface area contributed by atoms with Gasteiger partial charge in [0.15, 0.2) is 0 Å². The van der Waals surface area contributed by atoms with Crippen molar-refractivity contribution in [2.24, 2.45) is 13.0 Å². The number of aromatic nitrogens is 3. The molecule has 3 heterocycles. The molecule has 14 nitrogen and oxygen atoms in total. The van der Waals surface area contributed by atoms with Crippen molar-refractivity contribution in [3.8, 4) is 17.1 Å². The Bertz CT molecular complexity index is 1820. The molecule has 1 aliphatic heterocycles. The third kappa shape index (κ3) is 9.43. The summed E-state index contributed by atoms with van der Waals surface area (Å²) in [6.45, 7) is 15.5. The number of nitrogens with zero attached hydrogens (tertiary/aromatic N) is 4. The van der Waals surface area contributed by atoms with E-state index in [0.29, 0.717) is 55.0 Å². The summed E-state index contributed by atoms with van der Waals surface area (Å²) < 4.78 is 47.5. The van der Waals surface area contributed by atoms with E-state index in [4.69, 9.17) is 19.2 Å². The van der Waals surface area contributed by atoms with Gasteiger partial charge in [-0.1, -0.05) is 27.2 Å². The second-order valence-corrected chi connectivity index (χ2v) is 15.8. The summed E-state index contributed by atoms with van der Waals surface area (Å²) in [6.07, 6.45) is 3.42. The molecule has 1 aromatic carbocycles. The maximum absolute atomic E-state index is 13.9. The van der Waals surface area contributed by atoms with Gasteiger partial charge in [0.1, 0.15) is 28.7 Å². The Labute approximate surface area is 294 Å². The molecule has 4 rings (SSSR count). The molecule has 15 heteroatoms. The first-order chi connectivity index (χ1) is 23.5. The zero-order valence-electron chi connectivity index (χ0n) is 30.5. The van der Waals surface area contributed by atoms with Gasteiger partial charge < -0.3 is 34.0 Å². The lowest BCUT2D eigenvalue weighted by Gasteiger charge is -2.34. The topological polar surface area (TPSA) is 165 Å². The van der Waals surface area contributed by atoms with Crippen LogP contribution in [-0.4, -0.2) is 102 Å². The molecule has 2 N–H and O–H groups in total. The number of amides is 1. The number of rotatable bonds is 14. The minimum Gasteiger partial charge on any atom is -0.493 e. The first-order valence-electron chi connectivity index (χ1n) is 17.3. The fourth-order valence-electron chi connectivity index (χ4n) is 5.92. The number of piperazine rings is 1. The Morgan fingerprint density at radius 3 is 2.42 bits per heavy atom. The average Bonchev–Trinajstić information content (AvgIpc) is 3.36.